The summed E-state index contributed by atoms with van der Waals surface area (Å²) in [6, 6.07) is 15.5. The number of halogens is 1. The fraction of sp³-hybridized carbons (Fsp3) is 0.0500. The lowest BCUT2D eigenvalue weighted by molar-refractivity contribution is 0.100. The number of carbonyl (C=O) groups is 1. The lowest BCUT2D eigenvalue weighted by atomic mass is 10.0. The fourth-order valence-electron chi connectivity index (χ4n) is 3.17. The van der Waals surface area contributed by atoms with E-state index in [1.807, 2.05) is 24.3 Å². The van der Waals surface area contributed by atoms with Gasteiger partial charge in [0.1, 0.15) is 16.4 Å². The predicted octanol–water partition coefficient (Wildman–Crippen LogP) is 3.72. The molecule has 7 heteroatoms. The molecule has 27 heavy (non-hydrogen) atoms. The molecule has 4 rings (SSSR count). The van der Waals surface area contributed by atoms with Crippen LogP contribution in [0.25, 0.3) is 16.5 Å². The molecular formula is C20H14FNO4S. The Morgan fingerprint density at radius 2 is 1.70 bits per heavy atom. The van der Waals surface area contributed by atoms with Crippen molar-refractivity contribution in [3.8, 4) is 0 Å². The summed E-state index contributed by atoms with van der Waals surface area (Å²) in [7, 11) is -3.01. The van der Waals surface area contributed by atoms with Crippen LogP contribution in [-0.4, -0.2) is 30.7 Å². The number of nitrogens with zero attached hydrogens (tertiary/aromatic N) is 1. The van der Waals surface area contributed by atoms with Crippen molar-refractivity contribution in [3.63, 3.8) is 0 Å². The second-order valence-corrected chi connectivity index (χ2v) is 8.14. The summed E-state index contributed by atoms with van der Waals surface area (Å²) in [5.74, 6) is -1.90. The number of carbonyl (C=O) groups excluding carboxylic acids is 1. The molecule has 0 aromatic heterocycles. The normalized spacial score (nSPS) is 17.7. The van der Waals surface area contributed by atoms with Crippen molar-refractivity contribution in [3.05, 3.63) is 83.3 Å². The maximum Gasteiger partial charge on any atom is 0.265 e. The van der Waals surface area contributed by atoms with Gasteiger partial charge in [-0.3, -0.25) is 9.10 Å². The highest BCUT2D eigenvalue weighted by atomic mass is 32.2. The van der Waals surface area contributed by atoms with Crippen LogP contribution in [0.4, 0.5) is 4.39 Å². The van der Waals surface area contributed by atoms with Crippen molar-refractivity contribution in [2.45, 2.75) is 4.90 Å². The third-order valence-corrected chi connectivity index (χ3v) is 6.40. The van der Waals surface area contributed by atoms with Crippen molar-refractivity contribution >= 4 is 32.3 Å². The SMILES string of the molecule is CN1C(=C(O)c2ccc3ccccc3c2)C(=O)c2ccc(F)cc2S1(=O)=O. The Labute approximate surface area is 155 Å². The molecule has 1 heterocycles. The summed E-state index contributed by atoms with van der Waals surface area (Å²) in [5, 5.41) is 12.5. The number of sulfonamides is 1. The van der Waals surface area contributed by atoms with Crippen LogP contribution >= 0.6 is 0 Å². The quantitative estimate of drug-likeness (QED) is 0.513. The molecule has 0 unspecified atom stereocenters. The first kappa shape index (κ1) is 17.2. The van der Waals surface area contributed by atoms with E-state index in [1.165, 1.54) is 0 Å². The molecule has 0 aliphatic carbocycles. The maximum atomic E-state index is 13.5. The van der Waals surface area contributed by atoms with Gasteiger partial charge in [-0.1, -0.05) is 36.4 Å². The van der Waals surface area contributed by atoms with E-state index in [4.69, 9.17) is 0 Å². The van der Waals surface area contributed by atoms with Crippen LogP contribution < -0.4 is 0 Å². The third kappa shape index (κ3) is 2.59. The summed E-state index contributed by atoms with van der Waals surface area (Å²) in [6.45, 7) is 0. The zero-order valence-corrected chi connectivity index (χ0v) is 15.0. The summed E-state index contributed by atoms with van der Waals surface area (Å²) in [4.78, 5) is 12.4. The molecule has 3 aromatic rings. The Kier molecular flexibility index (Phi) is 3.78. The molecular weight excluding hydrogens is 369 g/mol. The summed E-state index contributed by atoms with van der Waals surface area (Å²) < 4.78 is 39.6. The molecule has 0 fully saturated rings. The average Bonchev–Trinajstić information content (AvgIpc) is 2.66. The molecule has 0 saturated heterocycles. The van der Waals surface area contributed by atoms with Crippen LogP contribution in [0.3, 0.4) is 0 Å². The smallest absolute Gasteiger partial charge is 0.265 e. The second kappa shape index (κ2) is 5.92. The summed E-state index contributed by atoms with van der Waals surface area (Å²) in [6.07, 6.45) is 0. The number of hydrogen-bond donors (Lipinski definition) is 1. The molecule has 1 aliphatic heterocycles. The van der Waals surface area contributed by atoms with Gasteiger partial charge in [-0.15, -0.1) is 0 Å². The van der Waals surface area contributed by atoms with Gasteiger partial charge in [0.15, 0.2) is 5.76 Å². The standard InChI is InChI=1S/C20H14FNO4S/c1-22-18(19(23)14-7-6-12-4-2-3-5-13(12)10-14)20(24)16-9-8-15(21)11-17(16)27(22,25)26/h2-11,23H,1H3. The Morgan fingerprint density at radius 1 is 1.00 bits per heavy atom. The number of benzene rings is 3. The van der Waals surface area contributed by atoms with Crippen molar-refractivity contribution in [1.82, 2.24) is 4.31 Å². The van der Waals surface area contributed by atoms with Crippen molar-refractivity contribution in [2.75, 3.05) is 7.05 Å². The number of ketones is 1. The van der Waals surface area contributed by atoms with Gasteiger partial charge in [0.25, 0.3) is 10.0 Å². The Bertz CT molecular complexity index is 1250. The first-order valence-corrected chi connectivity index (χ1v) is 9.50. The number of fused-ring (bicyclic) bond motifs is 2. The van der Waals surface area contributed by atoms with Crippen molar-refractivity contribution in [2.24, 2.45) is 0 Å². The Hall–Kier alpha value is -3.19. The summed E-state index contributed by atoms with van der Waals surface area (Å²) >= 11 is 0. The van der Waals surface area contributed by atoms with Gasteiger partial charge >= 0.3 is 0 Å². The predicted molar refractivity (Wildman–Crippen MR) is 99.2 cm³/mol. The lowest BCUT2D eigenvalue weighted by Gasteiger charge is -2.28. The van der Waals surface area contributed by atoms with Gasteiger partial charge in [0.05, 0.1) is 0 Å². The van der Waals surface area contributed by atoms with E-state index in [0.29, 0.717) is 9.87 Å². The van der Waals surface area contributed by atoms with E-state index in [0.717, 1.165) is 36.0 Å². The molecule has 1 aliphatic rings. The number of rotatable bonds is 1. The van der Waals surface area contributed by atoms with Gasteiger partial charge in [-0.2, -0.15) is 0 Å². The Balaban J connectivity index is 1.96. The molecule has 0 radical (unpaired) electrons. The minimum atomic E-state index is -4.17. The molecule has 0 atom stereocenters. The topological polar surface area (TPSA) is 74.7 Å². The molecule has 0 saturated carbocycles. The number of allylic oxidation sites excluding steroid dienone is 1. The lowest BCUT2D eigenvalue weighted by Crippen LogP contribution is -2.37. The average molecular weight is 383 g/mol. The zero-order chi connectivity index (χ0) is 19.3. The molecule has 0 spiro atoms. The number of Topliss-reactive ketones (excluding diaryl/α,β-unsaturated/α-hetero) is 1. The highest BCUT2D eigenvalue weighted by Gasteiger charge is 2.39. The molecule has 3 aromatic carbocycles. The molecule has 0 bridgehead atoms. The van der Waals surface area contributed by atoms with E-state index in [-0.39, 0.29) is 11.3 Å². The van der Waals surface area contributed by atoms with Crippen LogP contribution in [0, 0.1) is 5.82 Å². The van der Waals surface area contributed by atoms with Crippen LogP contribution in [0.15, 0.2) is 71.3 Å². The first-order chi connectivity index (χ1) is 12.8. The second-order valence-electron chi connectivity index (χ2n) is 6.20. The highest BCUT2D eigenvalue weighted by molar-refractivity contribution is 7.89. The highest BCUT2D eigenvalue weighted by Crippen LogP contribution is 2.35. The monoisotopic (exact) mass is 383 g/mol. The molecule has 1 N–H and O–H groups in total. The van der Waals surface area contributed by atoms with Crippen LogP contribution in [-0.2, 0) is 10.0 Å². The Morgan fingerprint density at radius 3 is 2.44 bits per heavy atom. The van der Waals surface area contributed by atoms with E-state index in [1.54, 1.807) is 18.2 Å². The maximum absolute atomic E-state index is 13.5. The number of likely N-dealkylation sites (N-methyl/N-ethyl adjacent to an activating group) is 1. The van der Waals surface area contributed by atoms with Crippen LogP contribution in [0.1, 0.15) is 15.9 Å². The van der Waals surface area contributed by atoms with E-state index in [2.05, 4.69) is 0 Å². The van der Waals surface area contributed by atoms with Crippen molar-refractivity contribution in [1.29, 1.82) is 0 Å². The summed E-state index contributed by atoms with van der Waals surface area (Å²) in [5.41, 5.74) is -0.231. The van der Waals surface area contributed by atoms with E-state index in [9.17, 15) is 22.7 Å². The van der Waals surface area contributed by atoms with E-state index >= 15 is 0 Å². The third-order valence-electron chi connectivity index (χ3n) is 4.60. The van der Waals surface area contributed by atoms with Crippen molar-refractivity contribution < 1.29 is 22.7 Å². The van der Waals surface area contributed by atoms with E-state index < -0.39 is 32.3 Å². The molecule has 5 nitrogen and oxygen atoms in total. The molecule has 136 valence electrons. The fourth-order valence-corrected chi connectivity index (χ4v) is 4.57. The minimum absolute atomic E-state index is 0.170. The zero-order valence-electron chi connectivity index (χ0n) is 14.2. The molecule has 0 amide bonds. The first-order valence-electron chi connectivity index (χ1n) is 8.06. The van der Waals surface area contributed by atoms with Gasteiger partial charge in [0.2, 0.25) is 5.78 Å². The number of aliphatic hydroxyl groups is 1. The van der Waals surface area contributed by atoms with Crippen LogP contribution in [0.2, 0.25) is 0 Å². The van der Waals surface area contributed by atoms with Gasteiger partial charge in [-0.25, -0.2) is 12.8 Å². The van der Waals surface area contributed by atoms with Gasteiger partial charge < -0.3 is 5.11 Å². The minimum Gasteiger partial charge on any atom is -0.505 e. The number of aliphatic hydroxyl groups excluding tert-OH is 1. The van der Waals surface area contributed by atoms with Gasteiger partial charge in [0, 0.05) is 18.2 Å². The largest absolute Gasteiger partial charge is 0.505 e. The number of hydrogen-bond acceptors (Lipinski definition) is 4. The van der Waals surface area contributed by atoms with Crippen LogP contribution in [0.5, 0.6) is 0 Å². The van der Waals surface area contributed by atoms with Gasteiger partial charge in [-0.05, 0) is 35.0 Å².